The Hall–Kier alpha value is -1.93. The number of sulfone groups is 1. The van der Waals surface area contributed by atoms with Gasteiger partial charge in [0.05, 0.1) is 24.4 Å². The van der Waals surface area contributed by atoms with Gasteiger partial charge in [-0.3, -0.25) is 0 Å². The third-order valence-electron chi connectivity index (χ3n) is 5.00. The van der Waals surface area contributed by atoms with Crippen LogP contribution in [0.1, 0.15) is 33.8 Å². The van der Waals surface area contributed by atoms with E-state index in [1.54, 1.807) is 6.07 Å². The average molecular weight is 455 g/mol. The lowest BCUT2D eigenvalue weighted by Gasteiger charge is -2.21. The summed E-state index contributed by atoms with van der Waals surface area (Å²) in [5.74, 6) is -0.355. The zero-order valence-corrected chi connectivity index (χ0v) is 16.8. The van der Waals surface area contributed by atoms with Crippen LogP contribution in [0, 0.1) is 11.7 Å². The SMILES string of the molecule is COC(=O)c1c(CS(=O)(=O)c2ccc(F)cc2Br)ccc2c1OCC1CC21. The topological polar surface area (TPSA) is 69.7 Å². The maximum atomic E-state index is 13.3. The summed E-state index contributed by atoms with van der Waals surface area (Å²) < 4.78 is 49.9. The molecule has 0 saturated heterocycles. The highest BCUT2D eigenvalue weighted by molar-refractivity contribution is 9.10. The van der Waals surface area contributed by atoms with E-state index in [0.717, 1.165) is 24.1 Å². The molecule has 0 amide bonds. The summed E-state index contributed by atoms with van der Waals surface area (Å²) >= 11 is 3.10. The number of rotatable bonds is 4. The molecule has 0 spiro atoms. The second-order valence-corrected chi connectivity index (χ2v) is 9.57. The first kappa shape index (κ1) is 18.4. The van der Waals surface area contributed by atoms with Crippen LogP contribution in [0.15, 0.2) is 39.7 Å². The monoisotopic (exact) mass is 454 g/mol. The fourth-order valence-corrected chi connectivity index (χ4v) is 6.07. The van der Waals surface area contributed by atoms with Gasteiger partial charge in [-0.15, -0.1) is 0 Å². The van der Waals surface area contributed by atoms with Crippen molar-refractivity contribution in [2.24, 2.45) is 5.92 Å². The Labute approximate surface area is 164 Å². The number of carbonyl (C=O) groups is 1. The van der Waals surface area contributed by atoms with Gasteiger partial charge in [0.25, 0.3) is 0 Å². The molecule has 2 atom stereocenters. The molecule has 5 nitrogen and oxygen atoms in total. The Bertz CT molecular complexity index is 1050. The summed E-state index contributed by atoms with van der Waals surface area (Å²) in [6.45, 7) is 0.515. The minimum absolute atomic E-state index is 0.0411. The van der Waals surface area contributed by atoms with Crippen LogP contribution in [-0.4, -0.2) is 28.1 Å². The average Bonchev–Trinajstić information content (AvgIpc) is 3.40. The maximum Gasteiger partial charge on any atom is 0.341 e. The lowest BCUT2D eigenvalue weighted by Crippen LogP contribution is -2.17. The van der Waals surface area contributed by atoms with Gasteiger partial charge in [-0.2, -0.15) is 0 Å². The number of hydrogen-bond acceptors (Lipinski definition) is 5. The molecular formula is C19H16BrFO5S. The molecule has 0 aromatic heterocycles. The van der Waals surface area contributed by atoms with Crippen LogP contribution < -0.4 is 4.74 Å². The maximum absolute atomic E-state index is 13.3. The van der Waals surface area contributed by atoms with Crippen molar-refractivity contribution in [2.75, 3.05) is 13.7 Å². The molecule has 1 fully saturated rings. The largest absolute Gasteiger partial charge is 0.492 e. The van der Waals surface area contributed by atoms with E-state index in [2.05, 4.69) is 15.9 Å². The van der Waals surface area contributed by atoms with Crippen molar-refractivity contribution in [1.29, 1.82) is 0 Å². The molecule has 2 unspecified atom stereocenters. The van der Waals surface area contributed by atoms with Crippen molar-refractivity contribution in [3.8, 4) is 5.75 Å². The molecular weight excluding hydrogens is 439 g/mol. The normalized spacial score (nSPS) is 20.3. The summed E-state index contributed by atoms with van der Waals surface area (Å²) in [5, 5.41) is 0. The van der Waals surface area contributed by atoms with Crippen molar-refractivity contribution in [3.05, 3.63) is 57.3 Å². The van der Waals surface area contributed by atoms with Crippen molar-refractivity contribution in [2.45, 2.75) is 23.0 Å². The summed E-state index contributed by atoms with van der Waals surface area (Å²) in [4.78, 5) is 12.4. The summed E-state index contributed by atoms with van der Waals surface area (Å²) in [6, 6.07) is 6.86. The van der Waals surface area contributed by atoms with Crippen LogP contribution >= 0.6 is 15.9 Å². The molecule has 142 valence electrons. The van der Waals surface area contributed by atoms with E-state index in [9.17, 15) is 17.6 Å². The molecule has 1 aliphatic heterocycles. The van der Waals surface area contributed by atoms with E-state index in [0.29, 0.717) is 29.8 Å². The van der Waals surface area contributed by atoms with Crippen molar-refractivity contribution < 1.29 is 27.1 Å². The Balaban J connectivity index is 1.78. The molecule has 0 radical (unpaired) electrons. The molecule has 1 saturated carbocycles. The lowest BCUT2D eigenvalue weighted by molar-refractivity contribution is 0.0594. The lowest BCUT2D eigenvalue weighted by atomic mass is 9.98. The van der Waals surface area contributed by atoms with E-state index < -0.39 is 27.4 Å². The summed E-state index contributed by atoms with van der Waals surface area (Å²) in [6.07, 6.45) is 1.01. The first-order chi connectivity index (χ1) is 12.8. The van der Waals surface area contributed by atoms with Gasteiger partial charge in [-0.1, -0.05) is 12.1 Å². The number of methoxy groups -OCH3 is 1. The van der Waals surface area contributed by atoms with Crippen LogP contribution in [0.2, 0.25) is 0 Å². The smallest absolute Gasteiger partial charge is 0.341 e. The highest BCUT2D eigenvalue weighted by Crippen LogP contribution is 2.55. The first-order valence-electron chi connectivity index (χ1n) is 8.36. The highest BCUT2D eigenvalue weighted by atomic mass is 79.9. The number of halogens is 2. The summed E-state index contributed by atoms with van der Waals surface area (Å²) in [7, 11) is -2.58. The summed E-state index contributed by atoms with van der Waals surface area (Å²) in [5.41, 5.74) is 1.38. The minimum atomic E-state index is -3.83. The Morgan fingerprint density at radius 1 is 1.33 bits per heavy atom. The molecule has 2 aromatic rings. The Morgan fingerprint density at radius 2 is 2.11 bits per heavy atom. The van der Waals surface area contributed by atoms with Gasteiger partial charge in [0.1, 0.15) is 17.1 Å². The number of hydrogen-bond donors (Lipinski definition) is 0. The standard InChI is InChI=1S/C19H16BrFO5S/c1-25-19(22)17-10(2-4-13-14-6-11(14)8-26-18(13)17)9-27(23,24)16-5-3-12(21)7-15(16)20/h2-5,7,11,14H,6,8-9H2,1H3. The zero-order valence-electron chi connectivity index (χ0n) is 14.4. The molecule has 1 heterocycles. The predicted octanol–water partition coefficient (Wildman–Crippen LogP) is 3.84. The first-order valence-corrected chi connectivity index (χ1v) is 10.8. The van der Waals surface area contributed by atoms with E-state index in [1.807, 2.05) is 6.07 Å². The predicted molar refractivity (Wildman–Crippen MR) is 99.1 cm³/mol. The Morgan fingerprint density at radius 3 is 2.81 bits per heavy atom. The molecule has 0 N–H and O–H groups in total. The number of carbonyl (C=O) groups excluding carboxylic acids is 1. The second-order valence-electron chi connectivity index (χ2n) is 6.76. The van der Waals surface area contributed by atoms with Crippen molar-refractivity contribution in [3.63, 3.8) is 0 Å². The second kappa shape index (κ2) is 6.60. The number of ether oxygens (including phenoxy) is 2. The molecule has 4 rings (SSSR count). The highest BCUT2D eigenvalue weighted by Gasteiger charge is 2.45. The van der Waals surface area contributed by atoms with Crippen LogP contribution in [0.5, 0.6) is 5.75 Å². The van der Waals surface area contributed by atoms with E-state index >= 15 is 0 Å². The van der Waals surface area contributed by atoms with Gasteiger partial charge in [-0.05, 0) is 57.6 Å². The quantitative estimate of drug-likeness (QED) is 0.518. The molecule has 1 aliphatic carbocycles. The van der Waals surface area contributed by atoms with Crippen LogP contribution in [-0.2, 0) is 20.3 Å². The van der Waals surface area contributed by atoms with E-state index in [1.165, 1.54) is 13.2 Å². The fourth-order valence-electron chi connectivity index (χ4n) is 3.55. The third-order valence-corrected chi connectivity index (χ3v) is 7.64. The molecule has 0 bridgehead atoms. The number of fused-ring (bicyclic) bond motifs is 3. The molecule has 2 aliphatic rings. The van der Waals surface area contributed by atoms with Crippen LogP contribution in [0.3, 0.4) is 0 Å². The van der Waals surface area contributed by atoms with Gasteiger partial charge >= 0.3 is 5.97 Å². The van der Waals surface area contributed by atoms with Crippen LogP contribution in [0.25, 0.3) is 0 Å². The minimum Gasteiger partial charge on any atom is -0.492 e. The number of esters is 1. The molecule has 27 heavy (non-hydrogen) atoms. The zero-order chi connectivity index (χ0) is 19.3. The van der Waals surface area contributed by atoms with Gasteiger partial charge in [0, 0.05) is 10.4 Å². The van der Waals surface area contributed by atoms with Gasteiger partial charge in [-0.25, -0.2) is 17.6 Å². The van der Waals surface area contributed by atoms with Gasteiger partial charge in [0.15, 0.2) is 9.84 Å². The van der Waals surface area contributed by atoms with Crippen molar-refractivity contribution in [1.82, 2.24) is 0 Å². The van der Waals surface area contributed by atoms with Crippen molar-refractivity contribution >= 4 is 31.7 Å². The Kier molecular flexibility index (Phi) is 4.50. The van der Waals surface area contributed by atoms with Gasteiger partial charge in [0.2, 0.25) is 0 Å². The fraction of sp³-hybridized carbons (Fsp3) is 0.316. The van der Waals surface area contributed by atoms with E-state index in [4.69, 9.17) is 9.47 Å². The number of benzene rings is 2. The molecule has 2 aromatic carbocycles. The van der Waals surface area contributed by atoms with Gasteiger partial charge < -0.3 is 9.47 Å². The molecule has 8 heteroatoms. The van der Waals surface area contributed by atoms with E-state index in [-0.39, 0.29) is 14.9 Å². The van der Waals surface area contributed by atoms with Crippen LogP contribution in [0.4, 0.5) is 4.39 Å². The third kappa shape index (κ3) is 3.25.